The molecule has 4 aromatic rings. The molecule has 0 aliphatic rings. The highest BCUT2D eigenvalue weighted by Gasteiger charge is 2.20. The lowest BCUT2D eigenvalue weighted by Gasteiger charge is -2.12. The Morgan fingerprint density at radius 1 is 0.935 bits per heavy atom. The van der Waals surface area contributed by atoms with Crippen molar-refractivity contribution in [2.75, 3.05) is 10.6 Å². The highest BCUT2D eigenvalue weighted by Crippen LogP contribution is 2.25. The Morgan fingerprint density at radius 2 is 1.61 bits per heavy atom. The second-order valence-electron chi connectivity index (χ2n) is 8.66. The van der Waals surface area contributed by atoms with Gasteiger partial charge in [-0.1, -0.05) is 38.1 Å². The monoisotopic (exact) mass is 415 g/mol. The van der Waals surface area contributed by atoms with Crippen molar-refractivity contribution in [2.45, 2.75) is 40.0 Å². The van der Waals surface area contributed by atoms with E-state index in [9.17, 15) is 4.79 Å². The molecule has 7 nitrogen and oxygen atoms in total. The molecule has 0 spiro atoms. The van der Waals surface area contributed by atoms with E-state index >= 15 is 0 Å². The van der Waals surface area contributed by atoms with Gasteiger partial charge in [0.25, 0.3) is 0 Å². The van der Waals surface area contributed by atoms with Crippen LogP contribution in [0.1, 0.15) is 37.7 Å². The molecule has 0 bridgehead atoms. The molecule has 2 aromatic carbocycles. The van der Waals surface area contributed by atoms with Crippen LogP contribution in [-0.2, 0) is 5.41 Å². The van der Waals surface area contributed by atoms with Gasteiger partial charge in [-0.2, -0.15) is 0 Å². The zero-order valence-corrected chi connectivity index (χ0v) is 18.3. The number of nitrogens with zero attached hydrogens (tertiary/aromatic N) is 3. The van der Waals surface area contributed by atoms with E-state index in [4.69, 9.17) is 9.51 Å². The summed E-state index contributed by atoms with van der Waals surface area (Å²) in [6, 6.07) is 12.9. The maximum absolute atomic E-state index is 12.3. The molecule has 2 heterocycles. The van der Waals surface area contributed by atoms with Crippen molar-refractivity contribution in [3.05, 3.63) is 65.5 Å². The number of rotatable bonds is 3. The van der Waals surface area contributed by atoms with Crippen LogP contribution in [0.4, 0.5) is 16.3 Å². The number of carbonyl (C=O) groups excluding carboxylic acids is 1. The summed E-state index contributed by atoms with van der Waals surface area (Å²) in [7, 11) is 0. The molecule has 2 aromatic heterocycles. The third-order valence-corrected chi connectivity index (χ3v) is 5.09. The van der Waals surface area contributed by atoms with Crippen LogP contribution in [0, 0.1) is 13.8 Å². The van der Waals surface area contributed by atoms with Gasteiger partial charge >= 0.3 is 6.03 Å². The van der Waals surface area contributed by atoms with Gasteiger partial charge in [-0.25, -0.2) is 9.78 Å². The van der Waals surface area contributed by atoms with E-state index in [1.165, 1.54) is 11.1 Å². The molecule has 31 heavy (non-hydrogen) atoms. The van der Waals surface area contributed by atoms with Crippen molar-refractivity contribution >= 4 is 28.6 Å². The molecule has 2 amide bonds. The van der Waals surface area contributed by atoms with Gasteiger partial charge in [0.15, 0.2) is 5.82 Å². The number of carbonyl (C=O) groups is 1. The van der Waals surface area contributed by atoms with Gasteiger partial charge in [0.1, 0.15) is 5.76 Å². The number of fused-ring (bicyclic) bond motifs is 1. The minimum atomic E-state index is -0.391. The lowest BCUT2D eigenvalue weighted by molar-refractivity contribution is 0.262. The first-order valence-corrected chi connectivity index (χ1v) is 10.1. The zero-order chi connectivity index (χ0) is 22.2. The predicted octanol–water partition coefficient (Wildman–Crippen LogP) is 5.84. The molecular weight excluding hydrogens is 390 g/mol. The van der Waals surface area contributed by atoms with Crippen LogP contribution in [0.25, 0.3) is 22.3 Å². The fraction of sp³-hybridized carbons (Fsp3) is 0.250. The molecule has 0 fully saturated rings. The molecule has 0 aliphatic carbocycles. The van der Waals surface area contributed by atoms with Crippen LogP contribution in [0.3, 0.4) is 0 Å². The zero-order valence-electron chi connectivity index (χ0n) is 18.3. The summed E-state index contributed by atoms with van der Waals surface area (Å²) in [5.74, 6) is 1.07. The molecule has 0 atom stereocenters. The minimum Gasteiger partial charge on any atom is -0.359 e. The first kappa shape index (κ1) is 20.5. The standard InChI is InChI=1S/C24H25N5O2/c1-14-10-18-19(11-15(14)2)27-20(13-25-18)16-6-8-17(9-7-16)26-23(30)28-22-12-21(31-29-22)24(3,4)5/h6-13H,1-5H3,(H2,26,28,29,30). The van der Waals surface area contributed by atoms with Crippen LogP contribution >= 0.6 is 0 Å². The molecule has 158 valence electrons. The number of anilines is 2. The Morgan fingerprint density at radius 3 is 2.26 bits per heavy atom. The van der Waals surface area contributed by atoms with Gasteiger partial charge < -0.3 is 9.84 Å². The van der Waals surface area contributed by atoms with Gasteiger partial charge in [0.05, 0.1) is 22.9 Å². The number of nitrogens with one attached hydrogen (secondary N) is 2. The molecule has 2 N–H and O–H groups in total. The fourth-order valence-electron chi connectivity index (χ4n) is 3.10. The van der Waals surface area contributed by atoms with Crippen LogP contribution < -0.4 is 10.6 Å². The third-order valence-electron chi connectivity index (χ3n) is 5.09. The van der Waals surface area contributed by atoms with Gasteiger partial charge in [-0.3, -0.25) is 10.3 Å². The first-order chi connectivity index (χ1) is 14.7. The summed E-state index contributed by atoms with van der Waals surface area (Å²) < 4.78 is 5.28. The average molecular weight is 415 g/mol. The summed E-state index contributed by atoms with van der Waals surface area (Å²) >= 11 is 0. The van der Waals surface area contributed by atoms with Gasteiger partial charge in [0, 0.05) is 22.7 Å². The number of aromatic nitrogens is 3. The highest BCUT2D eigenvalue weighted by atomic mass is 16.5. The van der Waals surface area contributed by atoms with Crippen molar-refractivity contribution in [3.63, 3.8) is 0 Å². The smallest absolute Gasteiger partial charge is 0.324 e. The van der Waals surface area contributed by atoms with Crippen molar-refractivity contribution in [1.29, 1.82) is 0 Å². The van der Waals surface area contributed by atoms with Crippen LogP contribution in [0.5, 0.6) is 0 Å². The second-order valence-corrected chi connectivity index (χ2v) is 8.66. The van der Waals surface area contributed by atoms with Crippen molar-refractivity contribution < 1.29 is 9.32 Å². The summed E-state index contributed by atoms with van der Waals surface area (Å²) in [5.41, 5.74) is 6.31. The van der Waals surface area contributed by atoms with E-state index in [0.717, 1.165) is 22.3 Å². The largest absolute Gasteiger partial charge is 0.359 e. The van der Waals surface area contributed by atoms with Crippen LogP contribution in [-0.4, -0.2) is 21.2 Å². The van der Waals surface area contributed by atoms with Crippen molar-refractivity contribution in [1.82, 2.24) is 15.1 Å². The predicted molar refractivity (Wildman–Crippen MR) is 122 cm³/mol. The topological polar surface area (TPSA) is 92.9 Å². The second kappa shape index (κ2) is 7.83. The lowest BCUT2D eigenvalue weighted by Crippen LogP contribution is -2.19. The maximum atomic E-state index is 12.3. The summed E-state index contributed by atoms with van der Waals surface area (Å²) in [6.45, 7) is 10.2. The van der Waals surface area contributed by atoms with E-state index in [1.807, 2.05) is 51.1 Å². The minimum absolute atomic E-state index is 0.178. The van der Waals surface area contributed by atoms with Gasteiger partial charge in [-0.05, 0) is 49.2 Å². The van der Waals surface area contributed by atoms with E-state index in [0.29, 0.717) is 17.3 Å². The normalized spacial score (nSPS) is 11.5. The molecule has 0 saturated heterocycles. The van der Waals surface area contributed by atoms with E-state index in [2.05, 4.69) is 40.7 Å². The fourth-order valence-corrected chi connectivity index (χ4v) is 3.10. The number of hydrogen-bond donors (Lipinski definition) is 2. The maximum Gasteiger partial charge on any atom is 0.324 e. The Kier molecular flexibility index (Phi) is 5.19. The number of urea groups is 1. The van der Waals surface area contributed by atoms with Gasteiger partial charge in [-0.15, -0.1) is 0 Å². The lowest BCUT2D eigenvalue weighted by atomic mass is 9.93. The Hall–Kier alpha value is -3.74. The molecule has 0 unspecified atom stereocenters. The number of hydrogen-bond acceptors (Lipinski definition) is 5. The van der Waals surface area contributed by atoms with Crippen molar-refractivity contribution in [2.24, 2.45) is 0 Å². The summed E-state index contributed by atoms with van der Waals surface area (Å²) in [5, 5.41) is 9.37. The molecular formula is C24H25N5O2. The molecule has 0 saturated carbocycles. The van der Waals surface area contributed by atoms with Crippen LogP contribution in [0.2, 0.25) is 0 Å². The SMILES string of the molecule is Cc1cc2ncc(-c3ccc(NC(=O)Nc4cc(C(C)(C)C)on4)cc3)nc2cc1C. The number of aryl methyl sites for hydroxylation is 2. The molecule has 0 aliphatic heterocycles. The van der Waals surface area contributed by atoms with E-state index < -0.39 is 6.03 Å². The number of amides is 2. The Balaban J connectivity index is 1.45. The van der Waals surface area contributed by atoms with E-state index in [1.54, 1.807) is 12.3 Å². The summed E-state index contributed by atoms with van der Waals surface area (Å²) in [4.78, 5) is 21.5. The Bertz CT molecular complexity index is 1250. The first-order valence-electron chi connectivity index (χ1n) is 10.1. The Labute approximate surface area is 180 Å². The molecule has 0 radical (unpaired) electrons. The summed E-state index contributed by atoms with van der Waals surface area (Å²) in [6.07, 6.45) is 1.77. The quantitative estimate of drug-likeness (QED) is 0.438. The highest BCUT2D eigenvalue weighted by molar-refractivity contribution is 5.99. The molecule has 4 rings (SSSR count). The van der Waals surface area contributed by atoms with Gasteiger partial charge in [0.2, 0.25) is 0 Å². The van der Waals surface area contributed by atoms with E-state index in [-0.39, 0.29) is 5.41 Å². The molecule has 7 heteroatoms. The number of benzene rings is 2. The van der Waals surface area contributed by atoms with Crippen molar-refractivity contribution in [3.8, 4) is 11.3 Å². The third kappa shape index (κ3) is 4.55. The average Bonchev–Trinajstić information content (AvgIpc) is 3.18. The van der Waals surface area contributed by atoms with Crippen LogP contribution in [0.15, 0.2) is 53.2 Å².